The Balaban J connectivity index is 0.00000256. The van der Waals surface area contributed by atoms with Crippen molar-refractivity contribution in [2.75, 3.05) is 13.2 Å². The lowest BCUT2D eigenvalue weighted by Crippen LogP contribution is -2.08. The third-order valence-corrected chi connectivity index (χ3v) is 1.96. The van der Waals surface area contributed by atoms with Gasteiger partial charge in [0.15, 0.2) is 0 Å². The van der Waals surface area contributed by atoms with E-state index in [4.69, 9.17) is 20.3 Å². The number of ether oxygens (including phenoxy) is 2. The highest BCUT2D eigenvalue weighted by Crippen LogP contribution is 2.08. The fourth-order valence-electron chi connectivity index (χ4n) is 1.26. The van der Waals surface area contributed by atoms with E-state index in [1.807, 2.05) is 13.8 Å². The van der Waals surface area contributed by atoms with Crippen molar-refractivity contribution < 1.29 is 9.47 Å². The Bertz CT molecular complexity index is 356. The van der Waals surface area contributed by atoms with Crippen molar-refractivity contribution in [2.24, 2.45) is 0 Å². The van der Waals surface area contributed by atoms with Crippen molar-refractivity contribution in [2.45, 2.75) is 21.3 Å². The van der Waals surface area contributed by atoms with E-state index in [1.54, 1.807) is 24.3 Å². The summed E-state index contributed by atoms with van der Waals surface area (Å²) in [5.41, 5.74) is 1.31. The van der Waals surface area contributed by atoms with Gasteiger partial charge in [0.2, 0.25) is 11.8 Å². The zero-order chi connectivity index (χ0) is 12.0. The van der Waals surface area contributed by atoms with Crippen molar-refractivity contribution in [3.63, 3.8) is 0 Å². The Kier molecular flexibility index (Phi) is 6.63. The Morgan fingerprint density at radius 1 is 1.00 bits per heavy atom. The minimum Gasteiger partial charge on any atom is -0.478 e. The summed E-state index contributed by atoms with van der Waals surface area (Å²) in [6.07, 6.45) is 0. The van der Waals surface area contributed by atoms with E-state index >= 15 is 0 Å². The second-order valence-electron chi connectivity index (χ2n) is 3.11. The lowest BCUT2D eigenvalue weighted by atomic mass is 10.1. The molecule has 4 nitrogen and oxygen atoms in total. The van der Waals surface area contributed by atoms with Crippen molar-refractivity contribution in [3.05, 3.63) is 35.4 Å². The van der Waals surface area contributed by atoms with Gasteiger partial charge in [0.1, 0.15) is 0 Å². The Hall–Kier alpha value is -1.84. The molecule has 0 fully saturated rings. The fraction of sp³-hybridized carbons (Fsp3) is 0.385. The van der Waals surface area contributed by atoms with Gasteiger partial charge >= 0.3 is 0 Å². The molecule has 1 aromatic rings. The first-order chi connectivity index (χ1) is 7.69. The average molecular weight is 236 g/mol. The molecule has 2 N–H and O–H groups in total. The minimum atomic E-state index is 0. The van der Waals surface area contributed by atoms with Crippen LogP contribution in [0.3, 0.4) is 0 Å². The van der Waals surface area contributed by atoms with Crippen LogP contribution in [0.4, 0.5) is 0 Å². The quantitative estimate of drug-likeness (QED) is 0.623. The third-order valence-electron chi connectivity index (χ3n) is 1.96. The SMILES string of the molecule is C.CCOC(=N)c1cccc(C(=N)OCC)c1. The maximum absolute atomic E-state index is 7.64. The van der Waals surface area contributed by atoms with Crippen molar-refractivity contribution >= 4 is 11.8 Å². The number of nitrogens with one attached hydrogen (secondary N) is 2. The third kappa shape index (κ3) is 4.26. The van der Waals surface area contributed by atoms with E-state index in [0.29, 0.717) is 24.3 Å². The van der Waals surface area contributed by atoms with Crippen LogP contribution in [0.25, 0.3) is 0 Å². The molecule has 0 atom stereocenters. The maximum atomic E-state index is 7.64. The first-order valence-corrected chi connectivity index (χ1v) is 5.22. The van der Waals surface area contributed by atoms with Gasteiger partial charge in [-0.25, -0.2) is 0 Å². The molecule has 0 heterocycles. The van der Waals surface area contributed by atoms with Gasteiger partial charge in [-0.15, -0.1) is 0 Å². The molecule has 0 unspecified atom stereocenters. The first-order valence-electron chi connectivity index (χ1n) is 5.22. The van der Waals surface area contributed by atoms with Gasteiger partial charge in [-0.1, -0.05) is 13.5 Å². The van der Waals surface area contributed by atoms with E-state index in [0.717, 1.165) is 0 Å². The van der Waals surface area contributed by atoms with E-state index in [2.05, 4.69) is 0 Å². The number of hydrogen-bond acceptors (Lipinski definition) is 4. The second kappa shape index (κ2) is 7.44. The summed E-state index contributed by atoms with van der Waals surface area (Å²) >= 11 is 0. The second-order valence-corrected chi connectivity index (χ2v) is 3.11. The largest absolute Gasteiger partial charge is 0.478 e. The molecule has 17 heavy (non-hydrogen) atoms. The Morgan fingerprint density at radius 2 is 1.41 bits per heavy atom. The van der Waals surface area contributed by atoms with Gasteiger partial charge in [-0.2, -0.15) is 0 Å². The highest BCUT2D eigenvalue weighted by Gasteiger charge is 2.06. The Labute approximate surface area is 103 Å². The lowest BCUT2D eigenvalue weighted by molar-refractivity contribution is 0.324. The monoisotopic (exact) mass is 236 g/mol. The molecule has 4 heteroatoms. The molecular formula is C13H20N2O2. The molecule has 0 saturated heterocycles. The highest BCUT2D eigenvalue weighted by molar-refractivity contribution is 5.97. The van der Waals surface area contributed by atoms with Crippen LogP contribution in [0.5, 0.6) is 0 Å². The molecule has 0 spiro atoms. The zero-order valence-corrected chi connectivity index (χ0v) is 9.54. The van der Waals surface area contributed by atoms with Gasteiger partial charge in [-0.3, -0.25) is 10.8 Å². The Morgan fingerprint density at radius 3 is 1.76 bits per heavy atom. The van der Waals surface area contributed by atoms with E-state index < -0.39 is 0 Å². The molecular weight excluding hydrogens is 216 g/mol. The van der Waals surface area contributed by atoms with Crippen LogP contribution in [0.15, 0.2) is 24.3 Å². The molecule has 0 aliphatic carbocycles. The number of benzene rings is 1. The molecule has 94 valence electrons. The van der Waals surface area contributed by atoms with Crippen LogP contribution in [-0.2, 0) is 9.47 Å². The van der Waals surface area contributed by atoms with Crippen molar-refractivity contribution in [3.8, 4) is 0 Å². The van der Waals surface area contributed by atoms with E-state index in [9.17, 15) is 0 Å². The zero-order valence-electron chi connectivity index (χ0n) is 9.54. The molecule has 0 aliphatic heterocycles. The summed E-state index contributed by atoms with van der Waals surface area (Å²) < 4.78 is 10.2. The molecule has 0 aliphatic rings. The fourth-order valence-corrected chi connectivity index (χ4v) is 1.26. The molecule has 0 saturated carbocycles. The van der Waals surface area contributed by atoms with Crippen LogP contribution in [-0.4, -0.2) is 25.0 Å². The predicted molar refractivity (Wildman–Crippen MR) is 70.1 cm³/mol. The van der Waals surface area contributed by atoms with Crippen LogP contribution >= 0.6 is 0 Å². The highest BCUT2D eigenvalue weighted by atomic mass is 16.5. The molecule has 0 amide bonds. The standard InChI is InChI=1S/C12H16N2O2.CH4/c1-3-15-11(13)9-6-5-7-10(8-9)12(14)16-4-2;/h5-8,13-14H,3-4H2,1-2H3;1H4. The summed E-state index contributed by atoms with van der Waals surface area (Å²) in [6, 6.07) is 7.06. The molecule has 0 bridgehead atoms. The van der Waals surface area contributed by atoms with E-state index in [1.165, 1.54) is 0 Å². The molecule has 0 aromatic heterocycles. The van der Waals surface area contributed by atoms with Crippen molar-refractivity contribution in [1.29, 1.82) is 10.8 Å². The predicted octanol–water partition coefficient (Wildman–Crippen LogP) is 3.05. The number of hydrogen-bond donors (Lipinski definition) is 2. The van der Waals surface area contributed by atoms with E-state index in [-0.39, 0.29) is 19.2 Å². The van der Waals surface area contributed by atoms with Gasteiger partial charge in [0.05, 0.1) is 13.2 Å². The summed E-state index contributed by atoms with van der Waals surface area (Å²) in [7, 11) is 0. The van der Waals surface area contributed by atoms with Gasteiger partial charge in [0.25, 0.3) is 0 Å². The van der Waals surface area contributed by atoms with Crippen LogP contribution < -0.4 is 0 Å². The summed E-state index contributed by atoms with van der Waals surface area (Å²) in [6.45, 7) is 4.60. The van der Waals surface area contributed by atoms with Gasteiger partial charge < -0.3 is 9.47 Å². The number of rotatable bonds is 4. The van der Waals surface area contributed by atoms with Crippen molar-refractivity contribution in [1.82, 2.24) is 0 Å². The smallest absolute Gasteiger partial charge is 0.213 e. The average Bonchev–Trinajstić information content (AvgIpc) is 2.30. The van der Waals surface area contributed by atoms with Gasteiger partial charge in [0, 0.05) is 11.1 Å². The topological polar surface area (TPSA) is 66.2 Å². The molecule has 1 aromatic carbocycles. The van der Waals surface area contributed by atoms with Crippen LogP contribution in [0, 0.1) is 10.8 Å². The minimum absolute atomic E-state index is 0. The van der Waals surface area contributed by atoms with Crippen LogP contribution in [0.1, 0.15) is 32.4 Å². The summed E-state index contributed by atoms with van der Waals surface area (Å²) in [4.78, 5) is 0. The summed E-state index contributed by atoms with van der Waals surface area (Å²) in [5, 5.41) is 15.3. The van der Waals surface area contributed by atoms with Gasteiger partial charge in [-0.05, 0) is 32.0 Å². The molecule has 1 rings (SSSR count). The lowest BCUT2D eigenvalue weighted by Gasteiger charge is -2.08. The normalized spacial score (nSPS) is 9.06. The maximum Gasteiger partial charge on any atom is 0.213 e. The first kappa shape index (κ1) is 15.2. The molecule has 0 radical (unpaired) electrons. The summed E-state index contributed by atoms with van der Waals surface area (Å²) in [5.74, 6) is 0.238. The van der Waals surface area contributed by atoms with Crippen LogP contribution in [0.2, 0.25) is 0 Å².